The van der Waals surface area contributed by atoms with Crippen molar-refractivity contribution in [3.8, 4) is 11.1 Å². The highest BCUT2D eigenvalue weighted by Crippen LogP contribution is 2.27. The zero-order chi connectivity index (χ0) is 17.4. The Balaban J connectivity index is 1.83. The molecule has 0 fully saturated rings. The Labute approximate surface area is 148 Å². The summed E-state index contributed by atoms with van der Waals surface area (Å²) in [5, 5.41) is 2.54. The highest BCUT2D eigenvalue weighted by molar-refractivity contribution is 6.31. The number of nitrogens with two attached hydrogens (primary N) is 1. The van der Waals surface area contributed by atoms with Crippen LogP contribution in [-0.4, -0.2) is 20.9 Å². The molecular weight excluding hydrogens is 336 g/mol. The number of nitrogens with zero attached hydrogens (tertiary/aromatic N) is 2. The molecule has 0 bridgehead atoms. The Morgan fingerprint density at radius 1 is 1.12 bits per heavy atom. The monoisotopic (exact) mass is 348 g/mol. The van der Waals surface area contributed by atoms with Crippen molar-refractivity contribution in [3.05, 3.63) is 65.6 Å². The van der Waals surface area contributed by atoms with Crippen molar-refractivity contribution in [1.82, 2.24) is 15.0 Å². The molecule has 3 aromatic heterocycles. The average molecular weight is 349 g/mol. The highest BCUT2D eigenvalue weighted by atomic mass is 35.5. The quantitative estimate of drug-likeness (QED) is 0.550. The van der Waals surface area contributed by atoms with Crippen LogP contribution in [0.4, 0.5) is 0 Å². The predicted molar refractivity (Wildman–Crippen MR) is 100 cm³/mol. The molecule has 122 valence electrons. The SMILES string of the molecule is NC(=O)C=Cc1c[nH]c2ncc(-c3cnc4ccc(Cl)cc4c3)cc12. The van der Waals surface area contributed by atoms with Crippen molar-refractivity contribution in [2.75, 3.05) is 0 Å². The fourth-order valence-corrected chi connectivity index (χ4v) is 2.93. The zero-order valence-corrected chi connectivity index (χ0v) is 13.8. The van der Waals surface area contributed by atoms with Crippen LogP contribution in [0.15, 0.2) is 55.0 Å². The summed E-state index contributed by atoms with van der Waals surface area (Å²) in [4.78, 5) is 23.0. The van der Waals surface area contributed by atoms with Gasteiger partial charge in [0, 0.05) is 57.2 Å². The van der Waals surface area contributed by atoms with E-state index in [4.69, 9.17) is 17.3 Å². The van der Waals surface area contributed by atoms with E-state index < -0.39 is 5.91 Å². The van der Waals surface area contributed by atoms with Gasteiger partial charge in [-0.05, 0) is 36.4 Å². The van der Waals surface area contributed by atoms with Crippen LogP contribution < -0.4 is 5.73 Å². The minimum atomic E-state index is -0.492. The molecule has 0 spiro atoms. The van der Waals surface area contributed by atoms with E-state index in [2.05, 4.69) is 15.0 Å². The summed E-state index contributed by atoms with van der Waals surface area (Å²) < 4.78 is 0. The van der Waals surface area contributed by atoms with Crippen LogP contribution in [0.5, 0.6) is 0 Å². The number of hydrogen-bond acceptors (Lipinski definition) is 3. The van der Waals surface area contributed by atoms with E-state index in [1.54, 1.807) is 18.5 Å². The molecule has 3 heterocycles. The van der Waals surface area contributed by atoms with Gasteiger partial charge in [0.1, 0.15) is 5.65 Å². The third kappa shape index (κ3) is 2.97. The molecule has 4 rings (SSSR count). The second-order valence-corrected chi connectivity index (χ2v) is 6.10. The molecule has 0 aliphatic carbocycles. The Bertz CT molecular complexity index is 1150. The summed E-state index contributed by atoms with van der Waals surface area (Å²) >= 11 is 6.07. The normalized spacial score (nSPS) is 11.6. The molecule has 25 heavy (non-hydrogen) atoms. The first-order valence-corrected chi connectivity index (χ1v) is 7.98. The molecule has 5 nitrogen and oxygen atoms in total. The summed E-state index contributed by atoms with van der Waals surface area (Å²) in [5.74, 6) is -0.492. The first-order valence-electron chi connectivity index (χ1n) is 7.60. The first-order chi connectivity index (χ1) is 12.1. The van der Waals surface area contributed by atoms with Crippen molar-refractivity contribution in [3.63, 3.8) is 0 Å². The van der Waals surface area contributed by atoms with Gasteiger partial charge in [-0.2, -0.15) is 0 Å². The van der Waals surface area contributed by atoms with Gasteiger partial charge < -0.3 is 10.7 Å². The van der Waals surface area contributed by atoms with Crippen LogP contribution in [0.25, 0.3) is 39.1 Å². The van der Waals surface area contributed by atoms with Crippen LogP contribution in [0, 0.1) is 0 Å². The molecular formula is C19H13ClN4O. The molecule has 1 amide bonds. The van der Waals surface area contributed by atoms with Gasteiger partial charge >= 0.3 is 0 Å². The molecule has 0 saturated heterocycles. The van der Waals surface area contributed by atoms with Gasteiger partial charge in [-0.15, -0.1) is 0 Å². The van der Waals surface area contributed by atoms with Crippen LogP contribution in [0.1, 0.15) is 5.56 Å². The lowest BCUT2D eigenvalue weighted by Crippen LogP contribution is -2.04. The van der Waals surface area contributed by atoms with Gasteiger partial charge in [0.2, 0.25) is 5.91 Å². The van der Waals surface area contributed by atoms with Crippen LogP contribution in [-0.2, 0) is 4.79 Å². The van der Waals surface area contributed by atoms with E-state index in [1.807, 2.05) is 36.5 Å². The van der Waals surface area contributed by atoms with E-state index in [1.165, 1.54) is 6.08 Å². The fourth-order valence-electron chi connectivity index (χ4n) is 2.75. The number of aromatic amines is 1. The number of aromatic nitrogens is 3. The van der Waals surface area contributed by atoms with Gasteiger partial charge in [-0.3, -0.25) is 9.78 Å². The molecule has 0 saturated carbocycles. The van der Waals surface area contributed by atoms with Crippen LogP contribution in [0.2, 0.25) is 5.02 Å². The van der Waals surface area contributed by atoms with E-state index in [9.17, 15) is 4.79 Å². The zero-order valence-electron chi connectivity index (χ0n) is 13.0. The van der Waals surface area contributed by atoms with E-state index in [0.29, 0.717) is 5.02 Å². The largest absolute Gasteiger partial charge is 0.366 e. The van der Waals surface area contributed by atoms with Crippen molar-refractivity contribution in [2.45, 2.75) is 0 Å². The molecule has 0 atom stereocenters. The lowest BCUT2D eigenvalue weighted by molar-refractivity contribution is -0.113. The van der Waals surface area contributed by atoms with Crippen molar-refractivity contribution in [1.29, 1.82) is 0 Å². The summed E-state index contributed by atoms with van der Waals surface area (Å²) in [5.41, 5.74) is 9.51. The molecule has 4 aromatic rings. The number of H-pyrrole nitrogens is 1. The minimum absolute atomic E-state index is 0.492. The predicted octanol–water partition coefficient (Wildman–Crippen LogP) is 3.93. The second kappa shape index (κ2) is 6.03. The number of amides is 1. The third-order valence-electron chi connectivity index (χ3n) is 3.97. The number of halogens is 1. The first kappa shape index (κ1) is 15.4. The van der Waals surface area contributed by atoms with E-state index in [0.717, 1.165) is 38.6 Å². The third-order valence-corrected chi connectivity index (χ3v) is 4.20. The van der Waals surface area contributed by atoms with Gasteiger partial charge in [-0.1, -0.05) is 11.6 Å². The number of primary amides is 1. The lowest BCUT2D eigenvalue weighted by atomic mass is 10.1. The Hall–Kier alpha value is -3.18. The average Bonchev–Trinajstić information content (AvgIpc) is 3.01. The highest BCUT2D eigenvalue weighted by Gasteiger charge is 2.07. The number of pyridine rings is 2. The topological polar surface area (TPSA) is 84.7 Å². The Morgan fingerprint density at radius 3 is 2.76 bits per heavy atom. The fraction of sp³-hybridized carbons (Fsp3) is 0. The van der Waals surface area contributed by atoms with E-state index in [-0.39, 0.29) is 0 Å². The van der Waals surface area contributed by atoms with Crippen LogP contribution >= 0.6 is 11.6 Å². The smallest absolute Gasteiger partial charge is 0.241 e. The van der Waals surface area contributed by atoms with Crippen LogP contribution in [0.3, 0.4) is 0 Å². The number of fused-ring (bicyclic) bond motifs is 2. The van der Waals surface area contributed by atoms with Gasteiger partial charge in [0.15, 0.2) is 0 Å². The number of carbonyl (C=O) groups is 1. The van der Waals surface area contributed by atoms with Crippen molar-refractivity contribution in [2.24, 2.45) is 5.73 Å². The molecule has 0 radical (unpaired) electrons. The molecule has 6 heteroatoms. The standard InChI is InChI=1S/C19H13ClN4O/c20-15-2-3-17-12(6-15)5-13(9-22-17)14-7-16-11(1-4-18(21)25)8-23-19(16)24-10-14/h1-10H,(H2,21,25)(H,23,24). The maximum Gasteiger partial charge on any atom is 0.241 e. The summed E-state index contributed by atoms with van der Waals surface area (Å²) in [6, 6.07) is 9.63. The second-order valence-electron chi connectivity index (χ2n) is 5.66. The maximum atomic E-state index is 11.0. The van der Waals surface area contributed by atoms with Gasteiger partial charge in [-0.25, -0.2) is 4.98 Å². The minimum Gasteiger partial charge on any atom is -0.366 e. The molecule has 1 aromatic carbocycles. The molecule has 0 unspecified atom stereocenters. The lowest BCUT2D eigenvalue weighted by Gasteiger charge is -2.04. The number of hydrogen-bond donors (Lipinski definition) is 2. The summed E-state index contributed by atoms with van der Waals surface area (Å²) in [6.07, 6.45) is 8.39. The van der Waals surface area contributed by atoms with E-state index >= 15 is 0 Å². The summed E-state index contributed by atoms with van der Waals surface area (Å²) in [6.45, 7) is 0. The van der Waals surface area contributed by atoms with Gasteiger partial charge in [0.05, 0.1) is 5.52 Å². The Morgan fingerprint density at radius 2 is 1.92 bits per heavy atom. The maximum absolute atomic E-state index is 11.0. The number of carbonyl (C=O) groups excluding carboxylic acids is 1. The Kier molecular flexibility index (Phi) is 3.71. The molecule has 0 aliphatic rings. The number of rotatable bonds is 3. The molecule has 0 aliphatic heterocycles. The number of nitrogens with one attached hydrogen (secondary N) is 1. The van der Waals surface area contributed by atoms with Gasteiger partial charge in [0.25, 0.3) is 0 Å². The molecule has 3 N–H and O–H groups in total. The van der Waals surface area contributed by atoms with Crippen molar-refractivity contribution >= 4 is 45.5 Å². The van der Waals surface area contributed by atoms with Crippen molar-refractivity contribution < 1.29 is 4.79 Å². The summed E-state index contributed by atoms with van der Waals surface area (Å²) in [7, 11) is 0. The number of benzene rings is 1.